The van der Waals surface area contributed by atoms with E-state index < -0.39 is 23.7 Å². The number of fused-ring (bicyclic) bond motifs is 6. The molecule has 1 aromatic heterocycles. The highest BCUT2D eigenvalue weighted by atomic mass is 32.1. The molecule has 3 heterocycles. The number of rotatable bonds is 3. The van der Waals surface area contributed by atoms with Crippen molar-refractivity contribution in [3.8, 4) is 5.75 Å². The van der Waals surface area contributed by atoms with Crippen LogP contribution in [0.5, 0.6) is 5.75 Å². The summed E-state index contributed by atoms with van der Waals surface area (Å²) in [6.07, 6.45) is 1.88. The first-order valence-corrected chi connectivity index (χ1v) is 11.4. The van der Waals surface area contributed by atoms with Gasteiger partial charge in [-0.25, -0.2) is 4.99 Å². The number of methoxy groups -OCH3 is 1. The maximum atomic E-state index is 13.6. The van der Waals surface area contributed by atoms with Crippen LogP contribution in [0.2, 0.25) is 0 Å². The third-order valence-electron chi connectivity index (χ3n) is 6.24. The van der Waals surface area contributed by atoms with Gasteiger partial charge < -0.3 is 9.47 Å². The van der Waals surface area contributed by atoms with E-state index in [-0.39, 0.29) is 5.56 Å². The minimum Gasteiger partial charge on any atom is -0.469 e. The monoisotopic (exact) mass is 448 g/mol. The summed E-state index contributed by atoms with van der Waals surface area (Å²) >= 11 is 1.31. The van der Waals surface area contributed by atoms with E-state index in [0.29, 0.717) is 21.0 Å². The molecule has 3 aromatic rings. The minimum absolute atomic E-state index is 0.167. The van der Waals surface area contributed by atoms with Crippen LogP contribution in [-0.4, -0.2) is 23.4 Å². The molecule has 7 heteroatoms. The number of esters is 1. The number of aromatic nitrogens is 1. The number of carbonyl (C=O) groups is 1. The van der Waals surface area contributed by atoms with Gasteiger partial charge in [0.05, 0.1) is 17.7 Å². The van der Waals surface area contributed by atoms with Gasteiger partial charge in [0.2, 0.25) is 5.72 Å². The van der Waals surface area contributed by atoms with Crippen LogP contribution in [0.3, 0.4) is 0 Å². The lowest BCUT2D eigenvalue weighted by molar-refractivity contribution is -0.158. The molecule has 0 aliphatic carbocycles. The van der Waals surface area contributed by atoms with E-state index in [1.165, 1.54) is 24.0 Å². The Balaban J connectivity index is 1.72. The Morgan fingerprint density at radius 2 is 1.94 bits per heavy atom. The molecule has 0 radical (unpaired) electrons. The lowest BCUT2D eigenvalue weighted by Gasteiger charge is -2.44. The Morgan fingerprint density at radius 3 is 2.62 bits per heavy atom. The predicted octanol–water partition coefficient (Wildman–Crippen LogP) is 2.98. The summed E-state index contributed by atoms with van der Waals surface area (Å²) in [6.45, 7) is 6.07. The molecule has 2 aromatic carbocycles. The van der Waals surface area contributed by atoms with Gasteiger partial charge >= 0.3 is 5.97 Å². The molecule has 0 fully saturated rings. The molecule has 2 bridgehead atoms. The summed E-state index contributed by atoms with van der Waals surface area (Å²) in [4.78, 5) is 31.7. The van der Waals surface area contributed by atoms with E-state index >= 15 is 0 Å². The van der Waals surface area contributed by atoms with Crippen molar-refractivity contribution in [1.29, 1.82) is 0 Å². The Labute approximate surface area is 189 Å². The SMILES string of the molecule is COC(=O)[C@@H]1[C@@H]2c3ccccc3O[C@@]1(C)N=c1s/c(=C/c3ccc(C(C)C)cc3)c(=O)n12. The first-order chi connectivity index (χ1) is 15.3. The summed E-state index contributed by atoms with van der Waals surface area (Å²) < 4.78 is 13.5. The molecule has 0 unspecified atom stereocenters. The van der Waals surface area contributed by atoms with Crippen molar-refractivity contribution in [3.63, 3.8) is 0 Å². The van der Waals surface area contributed by atoms with Crippen molar-refractivity contribution >= 4 is 23.4 Å². The number of thiazole rings is 1. The first-order valence-electron chi connectivity index (χ1n) is 10.6. The van der Waals surface area contributed by atoms with Crippen molar-refractivity contribution in [2.24, 2.45) is 10.9 Å². The Hall–Kier alpha value is -3.19. The number of benzene rings is 2. The second kappa shape index (κ2) is 7.45. The highest BCUT2D eigenvalue weighted by molar-refractivity contribution is 7.07. The van der Waals surface area contributed by atoms with Gasteiger partial charge in [0, 0.05) is 5.56 Å². The van der Waals surface area contributed by atoms with Crippen molar-refractivity contribution in [2.45, 2.75) is 38.5 Å². The zero-order valence-electron chi connectivity index (χ0n) is 18.4. The number of ether oxygens (including phenoxy) is 2. The van der Waals surface area contributed by atoms with E-state index in [1.807, 2.05) is 42.5 Å². The first kappa shape index (κ1) is 20.7. The average Bonchev–Trinajstić information content (AvgIpc) is 3.06. The van der Waals surface area contributed by atoms with E-state index in [9.17, 15) is 9.59 Å². The van der Waals surface area contributed by atoms with Crippen LogP contribution in [0.15, 0.2) is 58.3 Å². The maximum Gasteiger partial charge on any atom is 0.317 e. The van der Waals surface area contributed by atoms with E-state index in [4.69, 9.17) is 14.5 Å². The maximum absolute atomic E-state index is 13.6. The molecule has 32 heavy (non-hydrogen) atoms. The van der Waals surface area contributed by atoms with Crippen LogP contribution < -0.4 is 19.6 Å². The summed E-state index contributed by atoms with van der Waals surface area (Å²) in [6, 6.07) is 15.1. The molecule has 3 atom stereocenters. The number of para-hydroxylation sites is 1. The topological polar surface area (TPSA) is 69.9 Å². The summed E-state index contributed by atoms with van der Waals surface area (Å²) in [5, 5.41) is 0. The van der Waals surface area contributed by atoms with E-state index in [2.05, 4.69) is 26.0 Å². The van der Waals surface area contributed by atoms with Gasteiger partial charge in [-0.3, -0.25) is 14.2 Å². The molecular formula is C25H24N2O4S. The molecular weight excluding hydrogens is 424 g/mol. The molecule has 5 rings (SSSR count). The third-order valence-corrected chi connectivity index (χ3v) is 7.22. The van der Waals surface area contributed by atoms with Crippen LogP contribution in [0, 0.1) is 5.92 Å². The molecule has 0 N–H and O–H groups in total. The van der Waals surface area contributed by atoms with Crippen LogP contribution in [0.1, 0.15) is 49.4 Å². The predicted molar refractivity (Wildman–Crippen MR) is 123 cm³/mol. The molecule has 0 spiro atoms. The number of hydrogen-bond acceptors (Lipinski definition) is 6. The quantitative estimate of drug-likeness (QED) is 0.578. The Bertz CT molecular complexity index is 1390. The zero-order valence-corrected chi connectivity index (χ0v) is 19.2. The normalized spacial score (nSPS) is 23.7. The summed E-state index contributed by atoms with van der Waals surface area (Å²) in [5.41, 5.74) is 1.65. The summed E-state index contributed by atoms with van der Waals surface area (Å²) in [7, 11) is 1.35. The molecule has 0 saturated carbocycles. The summed E-state index contributed by atoms with van der Waals surface area (Å²) in [5.74, 6) is -0.143. The van der Waals surface area contributed by atoms with Crippen LogP contribution in [0.4, 0.5) is 0 Å². The van der Waals surface area contributed by atoms with Gasteiger partial charge in [0.15, 0.2) is 4.80 Å². The molecule has 2 aliphatic rings. The lowest BCUT2D eigenvalue weighted by Crippen LogP contribution is -2.58. The number of nitrogens with zero attached hydrogens (tertiary/aromatic N) is 2. The fourth-order valence-corrected chi connectivity index (χ4v) is 5.66. The molecule has 0 amide bonds. The van der Waals surface area contributed by atoms with Crippen molar-refractivity contribution in [3.05, 3.63) is 84.9 Å². The average molecular weight is 449 g/mol. The fraction of sp³-hybridized carbons (Fsp3) is 0.320. The van der Waals surface area contributed by atoms with Crippen LogP contribution in [-0.2, 0) is 9.53 Å². The fourth-order valence-electron chi connectivity index (χ4n) is 4.56. The van der Waals surface area contributed by atoms with Crippen LogP contribution >= 0.6 is 11.3 Å². The lowest BCUT2D eigenvalue weighted by atomic mass is 9.81. The van der Waals surface area contributed by atoms with Gasteiger partial charge in [0.25, 0.3) is 5.56 Å². The molecule has 0 saturated heterocycles. The standard InChI is InChI=1S/C25H24N2O4S/c1-14(2)16-11-9-15(10-12-16)13-19-22(28)27-21-17-7-5-6-8-18(17)31-25(3,26-24(27)32-19)20(21)23(29)30-4/h5-14,20-21H,1-4H3/b19-13+/t20-,21-,25+/m0/s1. The molecule has 2 aliphatic heterocycles. The van der Waals surface area contributed by atoms with Gasteiger partial charge in [0.1, 0.15) is 11.7 Å². The Morgan fingerprint density at radius 1 is 1.22 bits per heavy atom. The minimum atomic E-state index is -1.15. The Kier molecular flexibility index (Phi) is 4.82. The smallest absolute Gasteiger partial charge is 0.317 e. The molecule has 164 valence electrons. The van der Waals surface area contributed by atoms with Gasteiger partial charge in [-0.1, -0.05) is 67.6 Å². The highest BCUT2D eigenvalue weighted by Crippen LogP contribution is 2.47. The van der Waals surface area contributed by atoms with Gasteiger partial charge in [-0.2, -0.15) is 0 Å². The third kappa shape index (κ3) is 3.11. The van der Waals surface area contributed by atoms with E-state index in [0.717, 1.165) is 11.1 Å². The van der Waals surface area contributed by atoms with Gasteiger partial charge in [-0.05, 0) is 36.1 Å². The highest BCUT2D eigenvalue weighted by Gasteiger charge is 2.55. The number of carbonyl (C=O) groups excluding carboxylic acids is 1. The van der Waals surface area contributed by atoms with Crippen LogP contribution in [0.25, 0.3) is 6.08 Å². The van der Waals surface area contributed by atoms with Crippen molar-refractivity contribution in [1.82, 2.24) is 4.57 Å². The van der Waals surface area contributed by atoms with Crippen molar-refractivity contribution < 1.29 is 14.3 Å². The zero-order chi connectivity index (χ0) is 22.6. The van der Waals surface area contributed by atoms with Gasteiger partial charge in [-0.15, -0.1) is 0 Å². The molecule has 6 nitrogen and oxygen atoms in total. The second-order valence-corrected chi connectivity index (χ2v) is 9.65. The van der Waals surface area contributed by atoms with Crippen molar-refractivity contribution in [2.75, 3.05) is 7.11 Å². The largest absolute Gasteiger partial charge is 0.469 e. The second-order valence-electron chi connectivity index (χ2n) is 8.64. The van der Waals surface area contributed by atoms with E-state index in [1.54, 1.807) is 11.5 Å². The number of hydrogen-bond donors (Lipinski definition) is 0.